The molecule has 1 aliphatic rings. The van der Waals surface area contributed by atoms with E-state index in [4.69, 9.17) is 4.74 Å². The fourth-order valence-corrected chi connectivity index (χ4v) is 2.42. The second-order valence-electron chi connectivity index (χ2n) is 8.13. The van der Waals surface area contributed by atoms with E-state index in [0.717, 1.165) is 0 Å². The zero-order valence-electron chi connectivity index (χ0n) is 14.4. The molecule has 6 nitrogen and oxygen atoms in total. The van der Waals surface area contributed by atoms with Crippen molar-refractivity contribution >= 4 is 12.0 Å². The average molecular weight is 336 g/mol. The van der Waals surface area contributed by atoms with Crippen LogP contribution in [-0.2, 0) is 9.53 Å². The van der Waals surface area contributed by atoms with Crippen LogP contribution in [0.4, 0.5) is 13.6 Å². The highest BCUT2D eigenvalue weighted by molar-refractivity contribution is 5.84. The van der Waals surface area contributed by atoms with E-state index in [9.17, 15) is 23.5 Å². The number of alkyl halides is 2. The number of aliphatic hydroxyl groups excluding tert-OH is 1. The van der Waals surface area contributed by atoms with Crippen molar-refractivity contribution in [3.05, 3.63) is 0 Å². The van der Waals surface area contributed by atoms with E-state index in [0.29, 0.717) is 0 Å². The number of carbonyl (C=O) groups is 2. The Labute approximate surface area is 135 Å². The summed E-state index contributed by atoms with van der Waals surface area (Å²) in [5.74, 6) is -3.86. The zero-order chi connectivity index (χ0) is 18.3. The van der Waals surface area contributed by atoms with Gasteiger partial charge in [-0.25, -0.2) is 13.6 Å². The van der Waals surface area contributed by atoms with Crippen LogP contribution in [0.2, 0.25) is 0 Å². The molecular weight excluding hydrogens is 310 g/mol. The molecule has 3 N–H and O–H groups in total. The molecule has 2 amide bonds. The van der Waals surface area contributed by atoms with Crippen molar-refractivity contribution in [1.82, 2.24) is 10.6 Å². The minimum Gasteiger partial charge on any atom is -0.444 e. The molecule has 1 fully saturated rings. The van der Waals surface area contributed by atoms with Gasteiger partial charge in [-0.1, -0.05) is 0 Å². The van der Waals surface area contributed by atoms with Crippen LogP contribution < -0.4 is 10.6 Å². The van der Waals surface area contributed by atoms with Crippen LogP contribution in [0.25, 0.3) is 0 Å². The Morgan fingerprint density at radius 1 is 1.13 bits per heavy atom. The number of ether oxygens (including phenoxy) is 1. The second-order valence-corrected chi connectivity index (χ2v) is 8.13. The quantitative estimate of drug-likeness (QED) is 0.735. The van der Waals surface area contributed by atoms with Gasteiger partial charge in [-0.3, -0.25) is 4.79 Å². The minimum atomic E-state index is -3.04. The van der Waals surface area contributed by atoms with Crippen molar-refractivity contribution < 1.29 is 28.2 Å². The van der Waals surface area contributed by atoms with Crippen molar-refractivity contribution in [2.45, 2.75) is 83.1 Å². The number of nitrogens with one attached hydrogen (secondary N) is 2. The lowest BCUT2D eigenvalue weighted by Crippen LogP contribution is -2.71. The summed E-state index contributed by atoms with van der Waals surface area (Å²) < 4.78 is 31.7. The number of aliphatic hydroxyl groups is 1. The predicted molar refractivity (Wildman–Crippen MR) is 80.2 cm³/mol. The van der Waals surface area contributed by atoms with Gasteiger partial charge in [0.2, 0.25) is 0 Å². The van der Waals surface area contributed by atoms with Gasteiger partial charge in [0.05, 0.1) is 5.54 Å². The zero-order valence-corrected chi connectivity index (χ0v) is 14.4. The lowest BCUT2D eigenvalue weighted by Gasteiger charge is -2.49. The number of hydrogen-bond donors (Lipinski definition) is 3. The summed E-state index contributed by atoms with van der Waals surface area (Å²) in [4.78, 5) is 23.9. The van der Waals surface area contributed by atoms with E-state index in [1.165, 1.54) is 0 Å². The molecule has 0 saturated heterocycles. The molecule has 23 heavy (non-hydrogen) atoms. The molecule has 1 rings (SSSR count). The number of alkyl carbamates (subject to hydrolysis) is 1. The van der Waals surface area contributed by atoms with Crippen molar-refractivity contribution in [3.63, 3.8) is 0 Å². The summed E-state index contributed by atoms with van der Waals surface area (Å²) in [6.45, 7) is 9.95. The third kappa shape index (κ3) is 5.60. The number of hydrogen-bond acceptors (Lipinski definition) is 4. The van der Waals surface area contributed by atoms with E-state index in [1.54, 1.807) is 41.5 Å². The van der Waals surface area contributed by atoms with Gasteiger partial charge in [0, 0.05) is 18.4 Å². The maximum absolute atomic E-state index is 13.3. The smallest absolute Gasteiger partial charge is 0.408 e. The molecule has 134 valence electrons. The lowest BCUT2D eigenvalue weighted by molar-refractivity contribution is -0.175. The Morgan fingerprint density at radius 3 is 1.96 bits per heavy atom. The van der Waals surface area contributed by atoms with E-state index in [1.807, 2.05) is 0 Å². The van der Waals surface area contributed by atoms with Crippen molar-refractivity contribution in [1.29, 1.82) is 0 Å². The molecule has 1 saturated carbocycles. The van der Waals surface area contributed by atoms with Gasteiger partial charge in [-0.05, 0) is 41.5 Å². The number of halogens is 2. The molecule has 0 aromatic heterocycles. The topological polar surface area (TPSA) is 87.7 Å². The molecule has 0 spiro atoms. The van der Waals surface area contributed by atoms with Crippen LogP contribution >= 0.6 is 0 Å². The fraction of sp³-hybridized carbons (Fsp3) is 0.867. The first-order valence-electron chi connectivity index (χ1n) is 7.44. The third-order valence-corrected chi connectivity index (χ3v) is 3.17. The summed E-state index contributed by atoms with van der Waals surface area (Å²) in [6.07, 6.45) is -4.39. The first-order valence-corrected chi connectivity index (χ1v) is 7.44. The Hall–Kier alpha value is -1.44. The number of rotatable bonds is 3. The molecule has 1 unspecified atom stereocenters. The van der Waals surface area contributed by atoms with Crippen molar-refractivity contribution in [2.75, 3.05) is 0 Å². The van der Waals surface area contributed by atoms with Crippen LogP contribution in [0, 0.1) is 0 Å². The second kappa shape index (κ2) is 5.89. The molecular formula is C15H26F2N2O4. The normalized spacial score (nSPS) is 20.9. The largest absolute Gasteiger partial charge is 0.444 e. The average Bonchev–Trinajstić information content (AvgIpc) is 2.19. The van der Waals surface area contributed by atoms with E-state index in [2.05, 4.69) is 10.6 Å². The third-order valence-electron chi connectivity index (χ3n) is 3.17. The van der Waals surface area contributed by atoms with Crippen LogP contribution in [0.5, 0.6) is 0 Å². The highest BCUT2D eigenvalue weighted by Gasteiger charge is 2.63. The van der Waals surface area contributed by atoms with E-state index >= 15 is 0 Å². The number of carbonyl (C=O) groups excluding carboxylic acids is 2. The van der Waals surface area contributed by atoms with Gasteiger partial charge in [0.1, 0.15) is 5.60 Å². The Bertz CT molecular complexity index is 473. The first-order chi connectivity index (χ1) is 10.1. The van der Waals surface area contributed by atoms with Gasteiger partial charge < -0.3 is 20.5 Å². The Balaban J connectivity index is 2.87. The Morgan fingerprint density at radius 2 is 1.61 bits per heavy atom. The Kier molecular flexibility index (Phi) is 5.02. The molecule has 0 radical (unpaired) electrons. The highest BCUT2D eigenvalue weighted by Crippen LogP contribution is 2.47. The van der Waals surface area contributed by atoms with Gasteiger partial charge >= 0.3 is 6.09 Å². The van der Waals surface area contributed by atoms with Crippen molar-refractivity contribution in [2.24, 2.45) is 0 Å². The van der Waals surface area contributed by atoms with Crippen LogP contribution in [0.3, 0.4) is 0 Å². The van der Waals surface area contributed by atoms with E-state index in [-0.39, 0.29) is 0 Å². The van der Waals surface area contributed by atoms with Crippen LogP contribution in [0.15, 0.2) is 0 Å². The first kappa shape index (κ1) is 19.6. The summed E-state index contributed by atoms with van der Waals surface area (Å²) in [7, 11) is 0. The van der Waals surface area contributed by atoms with Gasteiger partial charge in [-0.15, -0.1) is 0 Å². The SMILES string of the molecule is CC(C)(C)NC(=O)C(O)C1(NC(=O)OC(C)(C)C)CC(F)(F)C1. The molecule has 1 atom stereocenters. The van der Waals surface area contributed by atoms with Crippen LogP contribution in [0.1, 0.15) is 54.4 Å². The van der Waals surface area contributed by atoms with Crippen LogP contribution in [-0.4, -0.2) is 45.8 Å². The maximum Gasteiger partial charge on any atom is 0.408 e. The molecule has 0 bridgehead atoms. The summed E-state index contributed by atoms with van der Waals surface area (Å²) in [6, 6.07) is 0. The van der Waals surface area contributed by atoms with Gasteiger partial charge in [0.15, 0.2) is 6.10 Å². The fourth-order valence-electron chi connectivity index (χ4n) is 2.42. The molecule has 8 heteroatoms. The molecule has 0 aromatic carbocycles. The monoisotopic (exact) mass is 336 g/mol. The lowest BCUT2D eigenvalue weighted by atomic mass is 9.69. The number of amides is 2. The predicted octanol–water partition coefficient (Wildman–Crippen LogP) is 1.95. The highest BCUT2D eigenvalue weighted by atomic mass is 19.3. The standard InChI is InChI=1S/C15H26F2N2O4/c1-12(2,3)18-10(21)9(20)14(7-15(16,17)8-14)19-11(22)23-13(4,5)6/h9,20H,7-8H2,1-6H3,(H,18,21)(H,19,22). The minimum absolute atomic E-state index is 0.641. The van der Waals surface area contributed by atoms with Gasteiger partial charge in [-0.2, -0.15) is 0 Å². The van der Waals surface area contributed by atoms with Gasteiger partial charge in [0.25, 0.3) is 11.8 Å². The summed E-state index contributed by atoms with van der Waals surface area (Å²) >= 11 is 0. The molecule has 1 aliphatic carbocycles. The summed E-state index contributed by atoms with van der Waals surface area (Å²) in [5, 5.41) is 15.0. The molecule has 0 heterocycles. The molecule has 0 aromatic rings. The maximum atomic E-state index is 13.3. The summed E-state index contributed by atoms with van der Waals surface area (Å²) in [5.41, 5.74) is -3.20. The van der Waals surface area contributed by atoms with Crippen molar-refractivity contribution in [3.8, 4) is 0 Å². The van der Waals surface area contributed by atoms with E-state index < -0.39 is 53.5 Å². The molecule has 0 aliphatic heterocycles.